The van der Waals surface area contributed by atoms with Gasteiger partial charge in [-0.3, -0.25) is 9.69 Å². The number of hydrogen-bond donors (Lipinski definition) is 1. The van der Waals surface area contributed by atoms with Crippen molar-refractivity contribution in [3.63, 3.8) is 0 Å². The van der Waals surface area contributed by atoms with Crippen LogP contribution in [0.25, 0.3) is 0 Å². The molecule has 1 aromatic carbocycles. The molecule has 0 radical (unpaired) electrons. The first-order valence-corrected chi connectivity index (χ1v) is 10.9. The Morgan fingerprint density at radius 1 is 1.04 bits per heavy atom. The largest absolute Gasteiger partial charge is 0.341 e. The number of nitrogens with zero attached hydrogens (tertiary/aromatic N) is 2. The molecule has 4 aliphatic rings. The predicted molar refractivity (Wildman–Crippen MR) is 108 cm³/mol. The lowest BCUT2D eigenvalue weighted by Gasteiger charge is -2.31. The molecule has 2 saturated heterocycles. The van der Waals surface area contributed by atoms with Crippen LogP contribution in [0.1, 0.15) is 43.7 Å². The minimum Gasteiger partial charge on any atom is -0.341 e. The molecular weight excluding hydrogens is 334 g/mol. The van der Waals surface area contributed by atoms with E-state index in [-0.39, 0.29) is 5.41 Å². The van der Waals surface area contributed by atoms with Gasteiger partial charge in [0.05, 0.1) is 5.41 Å². The van der Waals surface area contributed by atoms with Gasteiger partial charge in [-0.25, -0.2) is 0 Å². The van der Waals surface area contributed by atoms with Crippen molar-refractivity contribution in [1.82, 2.24) is 15.1 Å². The van der Waals surface area contributed by atoms with Gasteiger partial charge in [0.25, 0.3) is 0 Å². The fourth-order valence-electron chi connectivity index (χ4n) is 6.22. The van der Waals surface area contributed by atoms with Crippen molar-refractivity contribution in [2.45, 2.75) is 51.5 Å². The second kappa shape index (κ2) is 6.59. The van der Waals surface area contributed by atoms with Crippen LogP contribution in [0.2, 0.25) is 0 Å². The summed E-state index contributed by atoms with van der Waals surface area (Å²) in [6.45, 7) is 8.44. The zero-order valence-corrected chi connectivity index (χ0v) is 16.7. The molecule has 3 fully saturated rings. The van der Waals surface area contributed by atoms with Crippen molar-refractivity contribution in [3.05, 3.63) is 35.4 Å². The Balaban J connectivity index is 1.21. The maximum Gasteiger partial charge on any atom is 0.229 e. The molecular formula is C23H33N3O. The highest BCUT2D eigenvalue weighted by Gasteiger charge is 2.68. The zero-order valence-electron chi connectivity index (χ0n) is 16.7. The SMILES string of the molecule is CC1(C(=O)N2CCCN(C3Cc4ccccc4C3)CC2)CC12CCNCC2. The zero-order chi connectivity index (χ0) is 18.5. The molecule has 27 heavy (non-hydrogen) atoms. The van der Waals surface area contributed by atoms with E-state index in [1.165, 1.54) is 36.8 Å². The number of piperidine rings is 1. The van der Waals surface area contributed by atoms with Crippen LogP contribution in [-0.2, 0) is 17.6 Å². The van der Waals surface area contributed by atoms with Crippen LogP contribution >= 0.6 is 0 Å². The lowest BCUT2D eigenvalue weighted by atomic mass is 9.85. The topological polar surface area (TPSA) is 35.6 Å². The molecule has 1 unspecified atom stereocenters. The van der Waals surface area contributed by atoms with E-state index in [9.17, 15) is 4.79 Å². The first kappa shape index (κ1) is 17.7. The summed E-state index contributed by atoms with van der Waals surface area (Å²) >= 11 is 0. The standard InChI is InChI=1S/C23H33N3O/c1-22(17-23(22)7-9-24-10-8-23)21(27)26-12-4-11-25(13-14-26)20-15-18-5-2-3-6-19(18)16-20/h2-3,5-6,20,24H,4,7-17H2,1H3. The molecule has 0 aromatic heterocycles. The summed E-state index contributed by atoms with van der Waals surface area (Å²) in [5.74, 6) is 0.445. The van der Waals surface area contributed by atoms with Crippen LogP contribution in [0, 0.1) is 10.8 Å². The molecule has 1 amide bonds. The van der Waals surface area contributed by atoms with Crippen LogP contribution in [0.4, 0.5) is 0 Å². The van der Waals surface area contributed by atoms with E-state index in [0.717, 1.165) is 52.1 Å². The Morgan fingerprint density at radius 2 is 1.74 bits per heavy atom. The van der Waals surface area contributed by atoms with Gasteiger partial charge in [0.2, 0.25) is 5.91 Å². The summed E-state index contributed by atoms with van der Waals surface area (Å²) in [6.07, 6.45) is 6.93. The van der Waals surface area contributed by atoms with E-state index in [1.807, 2.05) is 0 Å². The van der Waals surface area contributed by atoms with Gasteiger partial charge in [-0.15, -0.1) is 0 Å². The first-order chi connectivity index (χ1) is 13.1. The fraction of sp³-hybridized carbons (Fsp3) is 0.696. The van der Waals surface area contributed by atoms with Gasteiger partial charge in [0.1, 0.15) is 0 Å². The van der Waals surface area contributed by atoms with Crippen LogP contribution in [0.15, 0.2) is 24.3 Å². The highest BCUT2D eigenvalue weighted by Crippen LogP contribution is 2.69. The second-order valence-electron chi connectivity index (χ2n) is 9.55. The van der Waals surface area contributed by atoms with Crippen molar-refractivity contribution in [2.24, 2.45) is 10.8 Å². The average molecular weight is 368 g/mol. The Labute approximate surface area is 163 Å². The molecule has 2 heterocycles. The van der Waals surface area contributed by atoms with Gasteiger partial charge < -0.3 is 10.2 Å². The van der Waals surface area contributed by atoms with E-state index in [1.54, 1.807) is 0 Å². The molecule has 1 atom stereocenters. The van der Waals surface area contributed by atoms with Crippen LogP contribution in [-0.4, -0.2) is 61.0 Å². The Hall–Kier alpha value is -1.39. The lowest BCUT2D eigenvalue weighted by molar-refractivity contribution is -0.138. The highest BCUT2D eigenvalue weighted by atomic mass is 16.2. The molecule has 4 heteroatoms. The van der Waals surface area contributed by atoms with E-state index < -0.39 is 0 Å². The number of benzene rings is 1. The molecule has 1 aromatic rings. The summed E-state index contributed by atoms with van der Waals surface area (Å²) in [7, 11) is 0. The van der Waals surface area contributed by atoms with E-state index in [4.69, 9.17) is 0 Å². The van der Waals surface area contributed by atoms with Crippen LogP contribution in [0.5, 0.6) is 0 Å². The van der Waals surface area contributed by atoms with Gasteiger partial charge in [-0.2, -0.15) is 0 Å². The van der Waals surface area contributed by atoms with Gasteiger partial charge in [-0.1, -0.05) is 31.2 Å². The minimum absolute atomic E-state index is 0.0894. The van der Waals surface area contributed by atoms with Crippen LogP contribution < -0.4 is 5.32 Å². The van der Waals surface area contributed by atoms with Crippen molar-refractivity contribution in [2.75, 3.05) is 39.3 Å². The van der Waals surface area contributed by atoms with Gasteiger partial charge in [0.15, 0.2) is 0 Å². The summed E-state index contributed by atoms with van der Waals surface area (Å²) in [6, 6.07) is 9.53. The third-order valence-corrected chi connectivity index (χ3v) is 8.13. The Kier molecular flexibility index (Phi) is 4.32. The summed E-state index contributed by atoms with van der Waals surface area (Å²) in [4.78, 5) is 18.3. The van der Waals surface area contributed by atoms with Crippen molar-refractivity contribution in [3.8, 4) is 0 Å². The van der Waals surface area contributed by atoms with E-state index in [2.05, 4.69) is 46.3 Å². The number of rotatable bonds is 2. The maximum atomic E-state index is 13.4. The lowest BCUT2D eigenvalue weighted by Crippen LogP contribution is -2.43. The number of fused-ring (bicyclic) bond motifs is 1. The highest BCUT2D eigenvalue weighted by molar-refractivity contribution is 5.87. The molecule has 0 bridgehead atoms. The van der Waals surface area contributed by atoms with E-state index in [0.29, 0.717) is 17.4 Å². The van der Waals surface area contributed by atoms with Crippen molar-refractivity contribution < 1.29 is 4.79 Å². The monoisotopic (exact) mass is 367 g/mol. The maximum absolute atomic E-state index is 13.4. The second-order valence-corrected chi connectivity index (χ2v) is 9.55. The Morgan fingerprint density at radius 3 is 2.44 bits per heavy atom. The van der Waals surface area contributed by atoms with Crippen molar-refractivity contribution >= 4 is 5.91 Å². The molecule has 146 valence electrons. The predicted octanol–water partition coefficient (Wildman–Crippen LogP) is 2.47. The number of carbonyl (C=O) groups excluding carboxylic acids is 1. The minimum atomic E-state index is -0.0894. The number of carbonyl (C=O) groups is 1. The quantitative estimate of drug-likeness (QED) is 0.872. The average Bonchev–Trinajstić information content (AvgIpc) is 3.14. The molecule has 1 spiro atoms. The molecule has 2 aliphatic carbocycles. The molecule has 4 nitrogen and oxygen atoms in total. The number of amides is 1. The molecule has 2 aliphatic heterocycles. The van der Waals surface area contributed by atoms with E-state index >= 15 is 0 Å². The third kappa shape index (κ3) is 2.92. The normalized spacial score (nSPS) is 30.9. The fourth-order valence-corrected chi connectivity index (χ4v) is 6.22. The van der Waals surface area contributed by atoms with Gasteiger partial charge >= 0.3 is 0 Å². The summed E-state index contributed by atoms with van der Waals surface area (Å²) in [5.41, 5.74) is 3.26. The number of nitrogens with one attached hydrogen (secondary N) is 1. The Bertz CT molecular complexity index is 701. The summed E-state index contributed by atoms with van der Waals surface area (Å²) < 4.78 is 0. The van der Waals surface area contributed by atoms with Crippen molar-refractivity contribution in [1.29, 1.82) is 0 Å². The molecule has 1 saturated carbocycles. The van der Waals surface area contributed by atoms with Crippen LogP contribution in [0.3, 0.4) is 0 Å². The third-order valence-electron chi connectivity index (χ3n) is 8.13. The molecule has 5 rings (SSSR count). The molecule has 1 N–H and O–H groups in total. The smallest absolute Gasteiger partial charge is 0.229 e. The van der Waals surface area contributed by atoms with Gasteiger partial charge in [0, 0.05) is 32.2 Å². The summed E-state index contributed by atoms with van der Waals surface area (Å²) in [5, 5.41) is 3.46. The number of hydrogen-bond acceptors (Lipinski definition) is 3. The van der Waals surface area contributed by atoms with Gasteiger partial charge in [-0.05, 0) is 68.2 Å². The first-order valence-electron chi connectivity index (χ1n) is 10.9.